The van der Waals surface area contributed by atoms with Crippen LogP contribution in [0.1, 0.15) is 32.9 Å². The molecule has 0 saturated heterocycles. The summed E-state index contributed by atoms with van der Waals surface area (Å²) in [5.41, 5.74) is 4.58. The summed E-state index contributed by atoms with van der Waals surface area (Å²) in [5, 5.41) is 12.2. The number of rotatable bonds is 7. The average Bonchev–Trinajstić information content (AvgIpc) is 3.27. The normalized spacial score (nSPS) is 10.9. The van der Waals surface area contributed by atoms with Crippen LogP contribution in [0.4, 0.5) is 11.5 Å². The molecule has 0 atom stereocenters. The number of carbonyl (C=O) groups excluding carboxylic acids is 1. The summed E-state index contributed by atoms with van der Waals surface area (Å²) in [4.78, 5) is 34.8. The van der Waals surface area contributed by atoms with Gasteiger partial charge in [-0.15, -0.1) is 0 Å². The number of anilines is 2. The topological polar surface area (TPSA) is 99.8 Å². The lowest BCUT2D eigenvalue weighted by atomic mass is 10.1. The van der Waals surface area contributed by atoms with Crippen LogP contribution in [0.3, 0.4) is 0 Å². The smallest absolute Gasteiger partial charge is 0.308 e. The number of aliphatic carboxylic acids is 1. The van der Waals surface area contributed by atoms with Gasteiger partial charge < -0.3 is 15.3 Å². The van der Waals surface area contributed by atoms with Crippen molar-refractivity contribution < 1.29 is 14.7 Å². The van der Waals surface area contributed by atoms with Crippen LogP contribution in [0.15, 0.2) is 60.9 Å². The van der Waals surface area contributed by atoms with Crippen LogP contribution in [0.25, 0.3) is 5.65 Å². The summed E-state index contributed by atoms with van der Waals surface area (Å²) in [6, 6.07) is 15.0. The quantitative estimate of drug-likeness (QED) is 0.422. The molecule has 8 heteroatoms. The van der Waals surface area contributed by atoms with Gasteiger partial charge in [-0.3, -0.25) is 14.0 Å². The lowest BCUT2D eigenvalue weighted by molar-refractivity contribution is -0.136. The molecule has 2 aromatic carbocycles. The highest BCUT2D eigenvalue weighted by Gasteiger charge is 2.19. The van der Waals surface area contributed by atoms with Gasteiger partial charge in [-0.2, -0.15) is 0 Å². The lowest BCUT2D eigenvalue weighted by Gasteiger charge is -2.18. The highest BCUT2D eigenvalue weighted by atomic mass is 16.4. The number of nitrogens with one attached hydrogen (secondary N) is 1. The monoisotopic (exact) mass is 445 g/mol. The Morgan fingerprint density at radius 2 is 1.76 bits per heavy atom. The number of imidazole rings is 1. The van der Waals surface area contributed by atoms with E-state index >= 15 is 0 Å². The standard InChI is InChI=1S/C25H25N5O3/c1-16-4-8-18(9-5-16)25(33)27-19-10-6-17(7-11-19)14-21-28-24(29(2)3)20(15-22(31)32)23-26-12-13-30(21)23/h4-13H,14-15H2,1-3H3,(H,27,33)(H,31,32)/i2+1,3+1. The molecule has 2 heterocycles. The summed E-state index contributed by atoms with van der Waals surface area (Å²) in [6.45, 7) is 1.98. The number of carbonyl (C=O) groups is 2. The molecular weight excluding hydrogens is 420 g/mol. The van der Waals surface area contributed by atoms with Crippen LogP contribution in [0, 0.1) is 6.92 Å². The summed E-state index contributed by atoms with van der Waals surface area (Å²) in [7, 11) is 3.67. The molecule has 168 valence electrons. The third kappa shape index (κ3) is 4.85. The molecule has 0 unspecified atom stereocenters. The van der Waals surface area contributed by atoms with E-state index in [1.807, 2.05) is 61.8 Å². The van der Waals surface area contributed by atoms with E-state index in [9.17, 15) is 14.7 Å². The fourth-order valence-corrected chi connectivity index (χ4v) is 3.68. The molecule has 0 fully saturated rings. The molecular formula is C25H25N5O3. The van der Waals surface area contributed by atoms with E-state index in [1.54, 1.807) is 29.4 Å². The van der Waals surface area contributed by atoms with E-state index in [1.165, 1.54) is 0 Å². The number of hydrogen-bond acceptors (Lipinski definition) is 5. The zero-order valence-corrected chi connectivity index (χ0v) is 18.7. The van der Waals surface area contributed by atoms with Gasteiger partial charge in [0.05, 0.1) is 6.42 Å². The zero-order chi connectivity index (χ0) is 23.5. The van der Waals surface area contributed by atoms with Gasteiger partial charge in [-0.25, -0.2) is 9.97 Å². The molecule has 2 N–H and O–H groups in total. The maximum Gasteiger partial charge on any atom is 0.308 e. The van der Waals surface area contributed by atoms with Crippen molar-refractivity contribution in [3.8, 4) is 0 Å². The molecule has 1 amide bonds. The molecule has 8 nitrogen and oxygen atoms in total. The second kappa shape index (κ2) is 9.12. The highest BCUT2D eigenvalue weighted by molar-refractivity contribution is 6.04. The largest absolute Gasteiger partial charge is 0.481 e. The van der Waals surface area contributed by atoms with Crippen molar-refractivity contribution in [2.45, 2.75) is 19.8 Å². The van der Waals surface area contributed by atoms with Crippen LogP contribution in [0.5, 0.6) is 0 Å². The summed E-state index contributed by atoms with van der Waals surface area (Å²) >= 11 is 0. The second-order valence-electron chi connectivity index (χ2n) is 8.11. The van der Waals surface area contributed by atoms with Gasteiger partial charge in [-0.1, -0.05) is 29.8 Å². The van der Waals surface area contributed by atoms with Crippen LogP contribution in [0.2, 0.25) is 0 Å². The Morgan fingerprint density at radius 3 is 2.39 bits per heavy atom. The maximum atomic E-state index is 12.4. The molecule has 33 heavy (non-hydrogen) atoms. The predicted octanol–water partition coefficient (Wildman–Crippen LogP) is 3.57. The number of amides is 1. The van der Waals surface area contributed by atoms with Crippen molar-refractivity contribution in [3.63, 3.8) is 0 Å². The number of carboxylic acids is 1. The van der Waals surface area contributed by atoms with Gasteiger partial charge >= 0.3 is 5.97 Å². The van der Waals surface area contributed by atoms with E-state index in [-0.39, 0.29) is 12.3 Å². The SMILES string of the molecule is Cc1ccc(C(=O)Nc2ccc(Cc3nc(N([13CH3])[13CH3])c(CC(=O)O)c4nccn34)cc2)cc1. The van der Waals surface area contributed by atoms with Gasteiger partial charge in [-0.05, 0) is 36.8 Å². The molecule has 0 aliphatic rings. The van der Waals surface area contributed by atoms with Gasteiger partial charge in [0.1, 0.15) is 17.3 Å². The molecule has 4 rings (SSSR count). The maximum absolute atomic E-state index is 12.4. The molecule has 0 saturated carbocycles. The van der Waals surface area contributed by atoms with E-state index in [2.05, 4.69) is 10.3 Å². The zero-order valence-electron chi connectivity index (χ0n) is 18.7. The number of carboxylic acid groups (broad SMARTS) is 1. The van der Waals surface area contributed by atoms with Gasteiger partial charge in [0.2, 0.25) is 0 Å². The number of nitrogens with zero attached hydrogens (tertiary/aromatic N) is 4. The Kier molecular flexibility index (Phi) is 6.08. The number of aromatic nitrogens is 3. The minimum atomic E-state index is -0.930. The van der Waals surface area contributed by atoms with Gasteiger partial charge in [0, 0.05) is 49.7 Å². The summed E-state index contributed by atoms with van der Waals surface area (Å²) in [6.07, 6.45) is 3.80. The Hall–Kier alpha value is -4.20. The second-order valence-corrected chi connectivity index (χ2v) is 8.11. The number of aryl methyl sites for hydroxylation is 1. The number of hydrogen-bond donors (Lipinski definition) is 2. The van der Waals surface area contributed by atoms with Crippen LogP contribution < -0.4 is 10.2 Å². The van der Waals surface area contributed by atoms with Crippen LogP contribution in [-0.2, 0) is 17.6 Å². The van der Waals surface area contributed by atoms with E-state index in [4.69, 9.17) is 4.98 Å². The fraction of sp³-hybridized carbons (Fsp3) is 0.200. The fourth-order valence-electron chi connectivity index (χ4n) is 3.68. The van der Waals surface area contributed by atoms with E-state index in [0.717, 1.165) is 17.0 Å². The number of fused-ring (bicyclic) bond motifs is 1. The van der Waals surface area contributed by atoms with Crippen molar-refractivity contribution in [3.05, 3.63) is 89.0 Å². The third-order valence-electron chi connectivity index (χ3n) is 5.33. The van der Waals surface area contributed by atoms with Crippen LogP contribution in [-0.4, -0.2) is 45.4 Å². The first-order chi connectivity index (χ1) is 15.8. The molecule has 0 aliphatic heterocycles. The van der Waals surface area contributed by atoms with Crippen molar-refractivity contribution >= 4 is 29.0 Å². The summed E-state index contributed by atoms with van der Waals surface area (Å²) in [5.74, 6) is 0.250. The lowest BCUT2D eigenvalue weighted by Crippen LogP contribution is -2.19. The first kappa shape index (κ1) is 22.0. The molecule has 4 aromatic rings. The van der Waals surface area contributed by atoms with Crippen molar-refractivity contribution in [1.29, 1.82) is 0 Å². The number of benzene rings is 2. The third-order valence-corrected chi connectivity index (χ3v) is 5.33. The molecule has 0 aliphatic carbocycles. The Balaban J connectivity index is 1.57. The van der Waals surface area contributed by atoms with Crippen molar-refractivity contribution in [2.75, 3.05) is 24.3 Å². The highest BCUT2D eigenvalue weighted by Crippen LogP contribution is 2.24. The van der Waals surface area contributed by atoms with Crippen molar-refractivity contribution in [2.24, 2.45) is 0 Å². The van der Waals surface area contributed by atoms with Crippen LogP contribution >= 0.6 is 0 Å². The van der Waals surface area contributed by atoms with E-state index in [0.29, 0.717) is 34.7 Å². The average molecular weight is 445 g/mol. The molecule has 0 bridgehead atoms. The summed E-state index contributed by atoms with van der Waals surface area (Å²) < 4.78 is 1.83. The van der Waals surface area contributed by atoms with Crippen molar-refractivity contribution in [1.82, 2.24) is 14.4 Å². The molecule has 2 aromatic heterocycles. The van der Waals surface area contributed by atoms with E-state index < -0.39 is 5.97 Å². The molecule has 0 radical (unpaired) electrons. The minimum Gasteiger partial charge on any atom is -0.481 e. The Morgan fingerprint density at radius 1 is 1.06 bits per heavy atom. The first-order valence-electron chi connectivity index (χ1n) is 10.5. The first-order valence-corrected chi connectivity index (χ1v) is 10.5. The minimum absolute atomic E-state index is 0.156. The van der Waals surface area contributed by atoms with Gasteiger partial charge in [0.15, 0.2) is 0 Å². The Labute approximate surface area is 191 Å². The predicted molar refractivity (Wildman–Crippen MR) is 127 cm³/mol. The van der Waals surface area contributed by atoms with Gasteiger partial charge in [0.25, 0.3) is 5.91 Å². The Bertz CT molecular complexity index is 1310. The molecule has 0 spiro atoms.